The van der Waals surface area contributed by atoms with Gasteiger partial charge in [-0.2, -0.15) is 13.2 Å². The summed E-state index contributed by atoms with van der Waals surface area (Å²) in [6.45, 7) is 0. The van der Waals surface area contributed by atoms with E-state index in [-0.39, 0.29) is 5.56 Å². The molecule has 2 aromatic carbocycles. The molecule has 27 heavy (non-hydrogen) atoms. The maximum atomic E-state index is 13.9. The second kappa shape index (κ2) is 7.66. The standard InChI is InChI=1S/C15H12F4N2O4S2/c16-12-2-1-3-13(14(12)27(20,24)25)21(26(22)23)9-8-10-4-6-11(7-5-10)15(17,18)19/h1-9,26H,(H2,20,24,25). The van der Waals surface area contributed by atoms with Crippen molar-refractivity contribution in [1.29, 1.82) is 0 Å². The third-order valence-corrected chi connectivity index (χ3v) is 4.97. The first-order valence-corrected chi connectivity index (χ1v) is 9.69. The molecule has 0 spiro atoms. The third-order valence-electron chi connectivity index (χ3n) is 3.30. The quantitative estimate of drug-likeness (QED) is 0.569. The molecule has 146 valence electrons. The van der Waals surface area contributed by atoms with E-state index in [1.807, 2.05) is 0 Å². The highest BCUT2D eigenvalue weighted by molar-refractivity contribution is 7.89. The van der Waals surface area contributed by atoms with Crippen molar-refractivity contribution in [2.45, 2.75) is 11.1 Å². The summed E-state index contributed by atoms with van der Waals surface area (Å²) < 4.78 is 98.1. The van der Waals surface area contributed by atoms with Crippen LogP contribution in [0.1, 0.15) is 11.1 Å². The van der Waals surface area contributed by atoms with Gasteiger partial charge >= 0.3 is 6.18 Å². The Morgan fingerprint density at radius 2 is 1.63 bits per heavy atom. The molecule has 2 N–H and O–H groups in total. The highest BCUT2D eigenvalue weighted by Crippen LogP contribution is 2.30. The number of anilines is 1. The average molecular weight is 424 g/mol. The number of nitrogens with two attached hydrogens (primary N) is 1. The van der Waals surface area contributed by atoms with Crippen molar-refractivity contribution < 1.29 is 34.4 Å². The molecule has 6 nitrogen and oxygen atoms in total. The van der Waals surface area contributed by atoms with E-state index in [4.69, 9.17) is 5.14 Å². The summed E-state index contributed by atoms with van der Waals surface area (Å²) in [6, 6.07) is 6.64. The van der Waals surface area contributed by atoms with Crippen molar-refractivity contribution in [2.24, 2.45) is 5.14 Å². The molecule has 0 aliphatic heterocycles. The van der Waals surface area contributed by atoms with Crippen molar-refractivity contribution in [1.82, 2.24) is 0 Å². The van der Waals surface area contributed by atoms with E-state index in [0.717, 1.165) is 54.7 Å². The second-order valence-corrected chi connectivity index (χ2v) is 7.56. The molecule has 0 fully saturated rings. The van der Waals surface area contributed by atoms with E-state index >= 15 is 0 Å². The molecule has 0 saturated carbocycles. The molecule has 0 unspecified atom stereocenters. The fourth-order valence-corrected chi connectivity index (χ4v) is 3.51. The van der Waals surface area contributed by atoms with Crippen molar-refractivity contribution in [3.63, 3.8) is 0 Å². The lowest BCUT2D eigenvalue weighted by Crippen LogP contribution is -2.21. The van der Waals surface area contributed by atoms with Gasteiger partial charge in [0.2, 0.25) is 20.9 Å². The van der Waals surface area contributed by atoms with Gasteiger partial charge < -0.3 is 0 Å². The van der Waals surface area contributed by atoms with E-state index in [0.29, 0.717) is 4.31 Å². The number of sulfonamides is 1. The summed E-state index contributed by atoms with van der Waals surface area (Å²) in [6.07, 6.45) is -2.54. The van der Waals surface area contributed by atoms with Crippen LogP contribution < -0.4 is 9.44 Å². The predicted molar refractivity (Wildman–Crippen MR) is 91.0 cm³/mol. The van der Waals surface area contributed by atoms with Crippen molar-refractivity contribution >= 4 is 32.7 Å². The number of benzene rings is 2. The first kappa shape index (κ1) is 20.9. The number of rotatable bonds is 5. The Morgan fingerprint density at radius 3 is 2.11 bits per heavy atom. The summed E-state index contributed by atoms with van der Waals surface area (Å²) in [5.41, 5.74) is -1.26. The lowest BCUT2D eigenvalue weighted by Gasteiger charge is -2.16. The zero-order chi connectivity index (χ0) is 20.4. The molecule has 0 aliphatic carbocycles. The van der Waals surface area contributed by atoms with E-state index in [1.54, 1.807) is 0 Å². The summed E-state index contributed by atoms with van der Waals surface area (Å²) in [5, 5.41) is 4.94. The molecule has 0 bridgehead atoms. The SMILES string of the molecule is NS(=O)(=O)c1c(F)cccc1N(C=Cc1ccc(C(F)(F)F)cc1)[SH](=O)=O. The van der Waals surface area contributed by atoms with Crippen LogP contribution >= 0.6 is 0 Å². The fraction of sp³-hybridized carbons (Fsp3) is 0.0667. The Hall–Kier alpha value is -2.44. The van der Waals surface area contributed by atoms with Gasteiger partial charge in [-0.25, -0.2) is 30.7 Å². The molecule has 0 heterocycles. The fourth-order valence-electron chi connectivity index (χ4n) is 2.12. The lowest BCUT2D eigenvalue weighted by molar-refractivity contribution is -0.137. The van der Waals surface area contributed by atoms with Gasteiger partial charge in [0.15, 0.2) is 0 Å². The van der Waals surface area contributed by atoms with Crippen molar-refractivity contribution in [3.8, 4) is 0 Å². The summed E-state index contributed by atoms with van der Waals surface area (Å²) in [5.74, 6) is -1.25. The molecular weight excluding hydrogens is 412 g/mol. The number of hydrogen-bond donors (Lipinski definition) is 2. The van der Waals surface area contributed by atoms with Gasteiger partial charge in [0.1, 0.15) is 10.7 Å². The molecule has 0 aromatic heterocycles. The number of nitrogens with zero attached hydrogens (tertiary/aromatic N) is 1. The summed E-state index contributed by atoms with van der Waals surface area (Å²) in [7, 11) is -8.05. The predicted octanol–water partition coefficient (Wildman–Crippen LogP) is 2.50. The number of halogens is 4. The minimum atomic E-state index is -4.59. The summed E-state index contributed by atoms with van der Waals surface area (Å²) >= 11 is 0. The van der Waals surface area contributed by atoms with Crippen molar-refractivity contribution in [3.05, 3.63) is 65.6 Å². The first-order chi connectivity index (χ1) is 12.4. The lowest BCUT2D eigenvalue weighted by atomic mass is 10.1. The zero-order valence-corrected chi connectivity index (χ0v) is 14.9. The van der Waals surface area contributed by atoms with Crippen LogP contribution in [0, 0.1) is 5.82 Å². The van der Waals surface area contributed by atoms with Gasteiger partial charge in [0, 0.05) is 6.20 Å². The molecule has 0 saturated heterocycles. The van der Waals surface area contributed by atoms with Crippen LogP contribution in [0.3, 0.4) is 0 Å². The molecule has 0 radical (unpaired) electrons. The Labute approximate surface area is 153 Å². The van der Waals surface area contributed by atoms with Crippen LogP contribution in [0.15, 0.2) is 53.6 Å². The molecule has 12 heteroatoms. The number of alkyl halides is 3. The third kappa shape index (κ3) is 5.05. The Kier molecular flexibility index (Phi) is 5.92. The van der Waals surface area contributed by atoms with Crippen LogP contribution in [0.2, 0.25) is 0 Å². The van der Waals surface area contributed by atoms with E-state index in [9.17, 15) is 34.4 Å². The minimum Gasteiger partial charge on any atom is -0.246 e. The summed E-state index contributed by atoms with van der Waals surface area (Å²) in [4.78, 5) is -1.03. The van der Waals surface area contributed by atoms with Gasteiger partial charge in [-0.05, 0) is 35.9 Å². The maximum absolute atomic E-state index is 13.9. The molecule has 0 amide bonds. The van der Waals surface area contributed by atoms with E-state index in [2.05, 4.69) is 0 Å². The second-order valence-electron chi connectivity index (χ2n) is 5.15. The highest BCUT2D eigenvalue weighted by Gasteiger charge is 2.29. The van der Waals surface area contributed by atoms with Crippen LogP contribution in [0.4, 0.5) is 23.2 Å². The van der Waals surface area contributed by atoms with Crippen molar-refractivity contribution in [2.75, 3.05) is 4.31 Å². The Morgan fingerprint density at radius 1 is 1.04 bits per heavy atom. The Balaban J connectivity index is 2.47. The smallest absolute Gasteiger partial charge is 0.246 e. The molecule has 0 aliphatic rings. The number of primary sulfonamides is 1. The molecule has 2 rings (SSSR count). The van der Waals surface area contributed by atoms with Gasteiger partial charge in [-0.3, -0.25) is 0 Å². The molecular formula is C15H12F4N2O4S2. The topological polar surface area (TPSA) is 97.5 Å². The minimum absolute atomic E-state index is 0.193. The first-order valence-electron chi connectivity index (χ1n) is 7.01. The molecule has 0 atom stereocenters. The Bertz CT molecular complexity index is 1040. The van der Waals surface area contributed by atoms with Gasteiger partial charge in [-0.1, -0.05) is 18.2 Å². The normalized spacial score (nSPS) is 12.7. The van der Waals surface area contributed by atoms with Gasteiger partial charge in [0.25, 0.3) is 0 Å². The highest BCUT2D eigenvalue weighted by atomic mass is 32.2. The largest absolute Gasteiger partial charge is 0.416 e. The average Bonchev–Trinajstić information content (AvgIpc) is 2.53. The van der Waals surface area contributed by atoms with Crippen LogP contribution in [-0.2, 0) is 27.1 Å². The van der Waals surface area contributed by atoms with Crippen LogP contribution in [0.5, 0.6) is 0 Å². The number of thiol groups is 1. The monoisotopic (exact) mass is 424 g/mol. The number of hydrogen-bond acceptors (Lipinski definition) is 4. The maximum Gasteiger partial charge on any atom is 0.416 e. The van der Waals surface area contributed by atoms with Crippen LogP contribution in [-0.4, -0.2) is 16.8 Å². The zero-order valence-electron chi connectivity index (χ0n) is 13.2. The van der Waals surface area contributed by atoms with Gasteiger partial charge in [-0.15, -0.1) is 0 Å². The van der Waals surface area contributed by atoms with Gasteiger partial charge in [0.05, 0.1) is 11.3 Å². The van der Waals surface area contributed by atoms with E-state index in [1.165, 1.54) is 0 Å². The molecule has 2 aromatic rings. The van der Waals surface area contributed by atoms with E-state index < -0.39 is 49.1 Å². The van der Waals surface area contributed by atoms with Crippen LogP contribution in [0.25, 0.3) is 6.08 Å².